The molecule has 0 aromatic heterocycles. The second-order valence-corrected chi connectivity index (χ2v) is 5.13. The van der Waals surface area contributed by atoms with Gasteiger partial charge in [0.1, 0.15) is 5.82 Å². The number of hydrogen-bond donors (Lipinski definition) is 1. The summed E-state index contributed by atoms with van der Waals surface area (Å²) in [5.74, 6) is -0.358. The summed E-state index contributed by atoms with van der Waals surface area (Å²) in [6.45, 7) is 4.12. The van der Waals surface area contributed by atoms with E-state index in [1.54, 1.807) is 12.1 Å². The molecule has 1 aliphatic heterocycles. The maximum atomic E-state index is 13.1. The Morgan fingerprint density at radius 2 is 2.06 bits per heavy atom. The molecule has 1 saturated heterocycles. The van der Waals surface area contributed by atoms with Gasteiger partial charge in [0.25, 0.3) is 0 Å². The number of benzene rings is 1. The van der Waals surface area contributed by atoms with Crippen molar-refractivity contribution in [2.45, 2.75) is 31.8 Å². The lowest BCUT2D eigenvalue weighted by atomic mass is 10.0. The van der Waals surface area contributed by atoms with Gasteiger partial charge in [0, 0.05) is 25.2 Å². The maximum Gasteiger partial charge on any atom is 0.141 e. The highest BCUT2D eigenvalue weighted by molar-refractivity contribution is 6.30. The van der Waals surface area contributed by atoms with Crippen LogP contribution < -0.4 is 5.73 Å². The van der Waals surface area contributed by atoms with Gasteiger partial charge in [0.2, 0.25) is 0 Å². The van der Waals surface area contributed by atoms with Crippen molar-refractivity contribution in [2.75, 3.05) is 13.1 Å². The molecule has 1 heterocycles. The van der Waals surface area contributed by atoms with Gasteiger partial charge >= 0.3 is 0 Å². The minimum Gasteiger partial charge on any atom is -0.328 e. The third-order valence-electron chi connectivity index (χ3n) is 3.55. The van der Waals surface area contributed by atoms with Crippen molar-refractivity contribution in [1.82, 2.24) is 4.90 Å². The zero-order valence-electron chi connectivity index (χ0n) is 10.00. The summed E-state index contributed by atoms with van der Waals surface area (Å²) in [5.41, 5.74) is 6.94. The smallest absolute Gasteiger partial charge is 0.141 e. The van der Waals surface area contributed by atoms with Crippen LogP contribution in [0.2, 0.25) is 5.02 Å². The molecule has 2 rings (SSSR count). The van der Waals surface area contributed by atoms with Gasteiger partial charge in [-0.3, -0.25) is 4.90 Å². The lowest BCUT2D eigenvalue weighted by Gasteiger charge is -2.35. The summed E-state index contributed by atoms with van der Waals surface area (Å²) >= 11 is 5.81. The van der Waals surface area contributed by atoms with E-state index in [1.165, 1.54) is 6.07 Å². The molecule has 0 amide bonds. The van der Waals surface area contributed by atoms with Crippen molar-refractivity contribution in [1.29, 1.82) is 0 Å². The fraction of sp³-hybridized carbons (Fsp3) is 0.538. The Kier molecular flexibility index (Phi) is 4.02. The Morgan fingerprint density at radius 3 is 2.65 bits per heavy atom. The Labute approximate surface area is 107 Å². The molecule has 0 spiro atoms. The number of rotatable bonds is 2. The molecule has 2 nitrogen and oxygen atoms in total. The summed E-state index contributed by atoms with van der Waals surface area (Å²) in [6, 6.07) is 5.55. The highest BCUT2D eigenvalue weighted by Gasteiger charge is 2.21. The SMILES string of the molecule is CC(c1ccc(F)c(Cl)c1)N1CCC(N)CC1. The van der Waals surface area contributed by atoms with E-state index in [4.69, 9.17) is 17.3 Å². The summed E-state index contributed by atoms with van der Waals surface area (Å²) < 4.78 is 13.1. The molecule has 2 N–H and O–H groups in total. The third-order valence-corrected chi connectivity index (χ3v) is 3.84. The first-order chi connectivity index (χ1) is 8.08. The van der Waals surface area contributed by atoms with E-state index in [1.807, 2.05) is 0 Å². The zero-order chi connectivity index (χ0) is 12.4. The Bertz CT molecular complexity index is 389. The number of halogens is 2. The molecule has 1 fully saturated rings. The molecule has 0 aliphatic carbocycles. The summed E-state index contributed by atoms with van der Waals surface area (Å²) in [6.07, 6.45) is 2.05. The summed E-state index contributed by atoms with van der Waals surface area (Å²) in [5, 5.41) is 0.197. The summed E-state index contributed by atoms with van der Waals surface area (Å²) in [7, 11) is 0. The standard InChI is InChI=1S/C13H18ClFN2/c1-9(17-6-4-11(16)5-7-17)10-2-3-13(15)12(14)8-10/h2-3,8-9,11H,4-7,16H2,1H3. The predicted octanol–water partition coefficient (Wildman–Crippen LogP) is 2.96. The largest absolute Gasteiger partial charge is 0.328 e. The Hall–Kier alpha value is -0.640. The Balaban J connectivity index is 2.08. The van der Waals surface area contributed by atoms with Crippen LogP contribution in [0.3, 0.4) is 0 Å². The average molecular weight is 257 g/mol. The monoisotopic (exact) mass is 256 g/mol. The maximum absolute atomic E-state index is 13.1. The van der Waals surface area contributed by atoms with Gasteiger partial charge in [-0.1, -0.05) is 17.7 Å². The van der Waals surface area contributed by atoms with Crippen molar-refractivity contribution in [2.24, 2.45) is 5.73 Å². The van der Waals surface area contributed by atoms with E-state index < -0.39 is 0 Å². The molecule has 1 aliphatic rings. The van der Waals surface area contributed by atoms with Crippen LogP contribution in [-0.2, 0) is 0 Å². The predicted molar refractivity (Wildman–Crippen MR) is 68.6 cm³/mol. The van der Waals surface area contributed by atoms with E-state index in [0.29, 0.717) is 6.04 Å². The van der Waals surface area contributed by atoms with Crippen LogP contribution in [0.1, 0.15) is 31.4 Å². The molecule has 1 aromatic rings. The third kappa shape index (κ3) is 2.97. The first-order valence-electron chi connectivity index (χ1n) is 6.02. The van der Waals surface area contributed by atoms with Crippen molar-refractivity contribution < 1.29 is 4.39 Å². The van der Waals surface area contributed by atoms with Gasteiger partial charge < -0.3 is 5.73 Å². The normalized spacial score (nSPS) is 20.5. The van der Waals surface area contributed by atoms with E-state index in [2.05, 4.69) is 11.8 Å². The molecule has 1 atom stereocenters. The van der Waals surface area contributed by atoms with Crippen molar-refractivity contribution in [3.8, 4) is 0 Å². The van der Waals surface area contributed by atoms with Crippen molar-refractivity contribution >= 4 is 11.6 Å². The zero-order valence-corrected chi connectivity index (χ0v) is 10.8. The minimum absolute atomic E-state index is 0.197. The second kappa shape index (κ2) is 5.34. The van der Waals surface area contributed by atoms with Gasteiger partial charge in [0.15, 0.2) is 0 Å². The Morgan fingerprint density at radius 1 is 1.41 bits per heavy atom. The second-order valence-electron chi connectivity index (χ2n) is 4.72. The molecular formula is C13H18ClFN2. The molecule has 0 radical (unpaired) electrons. The lowest BCUT2D eigenvalue weighted by Crippen LogP contribution is -2.40. The van der Waals surface area contributed by atoms with Crippen LogP contribution in [0.15, 0.2) is 18.2 Å². The highest BCUT2D eigenvalue weighted by Crippen LogP contribution is 2.26. The van der Waals surface area contributed by atoms with Gasteiger partial charge in [-0.2, -0.15) is 0 Å². The average Bonchev–Trinajstić information content (AvgIpc) is 2.33. The van der Waals surface area contributed by atoms with Crippen LogP contribution in [0.5, 0.6) is 0 Å². The lowest BCUT2D eigenvalue weighted by molar-refractivity contribution is 0.163. The number of likely N-dealkylation sites (tertiary alicyclic amines) is 1. The van der Waals surface area contributed by atoms with E-state index in [-0.39, 0.29) is 16.9 Å². The molecule has 17 heavy (non-hydrogen) atoms. The van der Waals surface area contributed by atoms with E-state index >= 15 is 0 Å². The highest BCUT2D eigenvalue weighted by atomic mass is 35.5. The molecule has 0 bridgehead atoms. The van der Waals surface area contributed by atoms with Gasteiger partial charge in [-0.05, 0) is 37.5 Å². The number of nitrogens with zero attached hydrogens (tertiary/aromatic N) is 1. The molecule has 0 saturated carbocycles. The van der Waals surface area contributed by atoms with Crippen LogP contribution in [0.4, 0.5) is 4.39 Å². The van der Waals surface area contributed by atoms with Crippen LogP contribution in [0, 0.1) is 5.82 Å². The van der Waals surface area contributed by atoms with Gasteiger partial charge in [-0.15, -0.1) is 0 Å². The number of piperidine rings is 1. The topological polar surface area (TPSA) is 29.3 Å². The molecule has 4 heteroatoms. The van der Waals surface area contributed by atoms with Crippen LogP contribution in [-0.4, -0.2) is 24.0 Å². The molecule has 94 valence electrons. The fourth-order valence-electron chi connectivity index (χ4n) is 2.29. The molecular weight excluding hydrogens is 239 g/mol. The quantitative estimate of drug-likeness (QED) is 0.882. The first kappa shape index (κ1) is 12.8. The molecule has 1 aromatic carbocycles. The van der Waals surface area contributed by atoms with Crippen molar-refractivity contribution in [3.63, 3.8) is 0 Å². The molecule has 1 unspecified atom stereocenters. The van der Waals surface area contributed by atoms with Gasteiger partial charge in [-0.25, -0.2) is 4.39 Å². The van der Waals surface area contributed by atoms with Crippen molar-refractivity contribution in [3.05, 3.63) is 34.6 Å². The number of nitrogens with two attached hydrogens (primary N) is 1. The fourth-order valence-corrected chi connectivity index (χ4v) is 2.48. The first-order valence-corrected chi connectivity index (χ1v) is 6.40. The van der Waals surface area contributed by atoms with Gasteiger partial charge in [0.05, 0.1) is 5.02 Å². The van der Waals surface area contributed by atoms with Crippen LogP contribution in [0.25, 0.3) is 0 Å². The number of hydrogen-bond acceptors (Lipinski definition) is 2. The van der Waals surface area contributed by atoms with Crippen LogP contribution >= 0.6 is 11.6 Å². The minimum atomic E-state index is -0.358. The summed E-state index contributed by atoms with van der Waals surface area (Å²) in [4.78, 5) is 2.37. The van der Waals surface area contributed by atoms with E-state index in [9.17, 15) is 4.39 Å². The van der Waals surface area contributed by atoms with E-state index in [0.717, 1.165) is 31.5 Å².